The summed E-state index contributed by atoms with van der Waals surface area (Å²) in [6.45, 7) is 4.37. The van der Waals surface area contributed by atoms with Gasteiger partial charge in [-0.3, -0.25) is 4.79 Å². The lowest BCUT2D eigenvalue weighted by atomic mass is 10.0. The number of carbonyl (C=O) groups is 1. The lowest BCUT2D eigenvalue weighted by Gasteiger charge is -2.14. The van der Waals surface area contributed by atoms with E-state index < -0.39 is 21.3 Å². The minimum atomic E-state index is -0.484. The molecule has 30 heavy (non-hydrogen) atoms. The molecule has 0 bridgehead atoms. The van der Waals surface area contributed by atoms with Crippen LogP contribution in [0.3, 0.4) is 0 Å². The van der Waals surface area contributed by atoms with Crippen LogP contribution in [0.25, 0.3) is 0 Å². The molecule has 0 saturated heterocycles. The highest BCUT2D eigenvalue weighted by atomic mass is 35.5. The zero-order chi connectivity index (χ0) is 22.3. The topological polar surface area (TPSA) is 87.7 Å². The van der Waals surface area contributed by atoms with Crippen LogP contribution < -0.4 is 11.1 Å². The van der Waals surface area contributed by atoms with Gasteiger partial charge < -0.3 is 16.2 Å². The van der Waals surface area contributed by atoms with E-state index in [2.05, 4.69) is 23.4 Å². The highest BCUT2D eigenvalue weighted by molar-refractivity contribution is 6.55. The molecule has 5 nitrogen and oxygen atoms in total. The number of nitrogens with two attached hydrogens (primary N) is 1. The van der Waals surface area contributed by atoms with Gasteiger partial charge in [0, 0.05) is 27.7 Å². The van der Waals surface area contributed by atoms with Crippen molar-refractivity contribution in [3.8, 4) is 0 Å². The Morgan fingerprint density at radius 1 is 1.10 bits per heavy atom. The minimum Gasteiger partial charge on any atom is -0.394 e. The Bertz CT molecular complexity index is 960. The lowest BCUT2D eigenvalue weighted by molar-refractivity contribution is -0.117. The second-order valence-electron chi connectivity index (χ2n) is 6.83. The van der Waals surface area contributed by atoms with Crippen LogP contribution in [0.15, 0.2) is 58.7 Å². The van der Waals surface area contributed by atoms with Gasteiger partial charge in [0.2, 0.25) is 0 Å². The standard InChI is InChI=1S/C21H22Cl3N3O2Si/c1-30(2)10-9-26-21(29)19(25)16(12-28)20(13-3-5-14(22)6-4-13)27-18-8-7-15(23)11-17(18)24/h3-8,11,28H,9-10,12H2,1-2H3,(H2-,25,26,27,29)/p+1. The molecule has 2 aromatic rings. The maximum absolute atomic E-state index is 12.6. The summed E-state index contributed by atoms with van der Waals surface area (Å²) < 4.78 is 0. The fourth-order valence-corrected chi connectivity index (χ4v) is 3.75. The van der Waals surface area contributed by atoms with Crippen molar-refractivity contribution in [2.24, 2.45) is 10.7 Å². The zero-order valence-corrected chi connectivity index (χ0v) is 19.9. The molecule has 0 fully saturated rings. The summed E-state index contributed by atoms with van der Waals surface area (Å²) >= 11 is 18.3. The SMILES string of the molecule is C[Si+](C)CCNC(=O)C(N)=C(CO)C(=Nc1ccc(Cl)cc1Cl)c1ccc(Cl)cc1. The number of hydrogen-bond donors (Lipinski definition) is 3. The molecule has 0 radical (unpaired) electrons. The second kappa shape index (κ2) is 11.5. The van der Waals surface area contributed by atoms with E-state index in [-0.39, 0.29) is 11.3 Å². The van der Waals surface area contributed by atoms with Crippen molar-refractivity contribution in [1.29, 1.82) is 0 Å². The molecule has 4 N–H and O–H groups in total. The Hall–Kier alpha value is -1.83. The summed E-state index contributed by atoms with van der Waals surface area (Å²) in [6.07, 6.45) is 0. The van der Waals surface area contributed by atoms with Gasteiger partial charge in [-0.15, -0.1) is 0 Å². The number of nitrogens with one attached hydrogen (secondary N) is 1. The van der Waals surface area contributed by atoms with E-state index in [0.717, 1.165) is 6.04 Å². The van der Waals surface area contributed by atoms with Crippen molar-refractivity contribution in [1.82, 2.24) is 5.32 Å². The number of amides is 1. The van der Waals surface area contributed by atoms with Gasteiger partial charge in [0.15, 0.2) is 0 Å². The van der Waals surface area contributed by atoms with Crippen molar-refractivity contribution in [3.63, 3.8) is 0 Å². The van der Waals surface area contributed by atoms with Gasteiger partial charge in [-0.1, -0.05) is 46.9 Å². The lowest BCUT2D eigenvalue weighted by Crippen LogP contribution is -2.33. The smallest absolute Gasteiger partial charge is 0.309 e. The van der Waals surface area contributed by atoms with Crippen molar-refractivity contribution in [2.75, 3.05) is 13.2 Å². The fourth-order valence-electron chi connectivity index (χ4n) is 2.55. The molecular formula is C21H23Cl3N3O2Si+. The number of rotatable bonds is 8. The summed E-state index contributed by atoms with van der Waals surface area (Å²) in [5.74, 6) is -0.453. The number of hydrogen-bond acceptors (Lipinski definition) is 4. The van der Waals surface area contributed by atoms with Crippen LogP contribution >= 0.6 is 34.8 Å². The van der Waals surface area contributed by atoms with Gasteiger partial charge in [0.05, 0.1) is 42.2 Å². The van der Waals surface area contributed by atoms with Crippen LogP contribution in [0.5, 0.6) is 0 Å². The molecule has 0 spiro atoms. The maximum atomic E-state index is 12.6. The highest BCUT2D eigenvalue weighted by Crippen LogP contribution is 2.30. The Kier molecular flexibility index (Phi) is 9.39. The molecule has 0 heterocycles. The third kappa shape index (κ3) is 6.86. The van der Waals surface area contributed by atoms with E-state index in [1.165, 1.54) is 0 Å². The summed E-state index contributed by atoms with van der Waals surface area (Å²) in [7, 11) is -0.475. The van der Waals surface area contributed by atoms with Crippen LogP contribution in [0.4, 0.5) is 5.69 Å². The molecule has 0 atom stereocenters. The second-order valence-corrected chi connectivity index (χ2v) is 11.0. The number of aliphatic hydroxyl groups is 1. The fraction of sp³-hybridized carbons (Fsp3) is 0.238. The first-order valence-electron chi connectivity index (χ1n) is 9.19. The monoisotopic (exact) mass is 482 g/mol. The molecule has 158 valence electrons. The van der Waals surface area contributed by atoms with Crippen LogP contribution in [0.1, 0.15) is 5.56 Å². The van der Waals surface area contributed by atoms with Gasteiger partial charge >= 0.3 is 8.80 Å². The van der Waals surface area contributed by atoms with Gasteiger partial charge in [-0.25, -0.2) is 4.99 Å². The zero-order valence-electron chi connectivity index (χ0n) is 16.7. The first kappa shape index (κ1) is 24.4. The Balaban J connectivity index is 2.54. The summed E-state index contributed by atoms with van der Waals surface area (Å²) in [5.41, 5.74) is 7.59. The van der Waals surface area contributed by atoms with Crippen LogP contribution in [0.2, 0.25) is 34.2 Å². The van der Waals surface area contributed by atoms with Crippen molar-refractivity contribution < 1.29 is 9.90 Å². The predicted octanol–water partition coefficient (Wildman–Crippen LogP) is 4.84. The van der Waals surface area contributed by atoms with E-state index in [0.29, 0.717) is 38.6 Å². The molecule has 0 aliphatic carbocycles. The molecule has 2 aromatic carbocycles. The number of aliphatic hydroxyl groups excluding tert-OH is 1. The van der Waals surface area contributed by atoms with E-state index >= 15 is 0 Å². The number of halogens is 3. The van der Waals surface area contributed by atoms with Crippen LogP contribution in [-0.2, 0) is 4.79 Å². The summed E-state index contributed by atoms with van der Waals surface area (Å²) in [6, 6.07) is 12.6. The van der Waals surface area contributed by atoms with Gasteiger partial charge in [0.1, 0.15) is 5.70 Å². The molecule has 9 heteroatoms. The minimum absolute atomic E-state index is 0.0998. The maximum Gasteiger partial charge on any atom is 0.309 e. The molecule has 0 unspecified atom stereocenters. The molecular weight excluding hydrogens is 461 g/mol. The summed E-state index contributed by atoms with van der Waals surface area (Å²) in [5, 5.41) is 14.2. The average Bonchev–Trinajstić information content (AvgIpc) is 2.69. The van der Waals surface area contributed by atoms with Crippen molar-refractivity contribution in [2.45, 2.75) is 19.1 Å². The van der Waals surface area contributed by atoms with Gasteiger partial charge in [-0.05, 0) is 30.3 Å². The normalized spacial score (nSPS) is 12.4. The first-order chi connectivity index (χ1) is 14.2. The molecule has 0 saturated carbocycles. The van der Waals surface area contributed by atoms with Gasteiger partial charge in [0.25, 0.3) is 5.91 Å². The highest BCUT2D eigenvalue weighted by Gasteiger charge is 2.20. The largest absolute Gasteiger partial charge is 0.394 e. The Morgan fingerprint density at radius 2 is 1.73 bits per heavy atom. The van der Waals surface area contributed by atoms with Gasteiger partial charge in [-0.2, -0.15) is 0 Å². The third-order valence-electron chi connectivity index (χ3n) is 4.18. The van der Waals surface area contributed by atoms with Crippen LogP contribution in [-0.4, -0.2) is 38.7 Å². The van der Waals surface area contributed by atoms with Crippen molar-refractivity contribution >= 4 is 60.9 Å². The van der Waals surface area contributed by atoms with E-state index in [1.807, 2.05) is 0 Å². The van der Waals surface area contributed by atoms with Crippen molar-refractivity contribution in [3.05, 3.63) is 74.4 Å². The quantitative estimate of drug-likeness (QED) is 0.285. The molecule has 2 rings (SSSR count). The van der Waals surface area contributed by atoms with Crippen LogP contribution in [0, 0.1) is 0 Å². The third-order valence-corrected chi connectivity index (χ3v) is 6.22. The van der Waals surface area contributed by atoms with E-state index in [9.17, 15) is 9.90 Å². The first-order valence-corrected chi connectivity index (χ1v) is 13.0. The average molecular weight is 484 g/mol. The number of aliphatic imine (C=N–C) groups is 1. The molecule has 0 aliphatic rings. The number of benzene rings is 2. The number of nitrogens with zero attached hydrogens (tertiary/aromatic N) is 1. The molecule has 1 amide bonds. The van der Waals surface area contributed by atoms with E-state index in [1.54, 1.807) is 42.5 Å². The Labute approximate surface area is 193 Å². The van der Waals surface area contributed by atoms with E-state index in [4.69, 9.17) is 40.5 Å². The predicted molar refractivity (Wildman–Crippen MR) is 128 cm³/mol. The Morgan fingerprint density at radius 3 is 2.30 bits per heavy atom. The summed E-state index contributed by atoms with van der Waals surface area (Å²) in [4.78, 5) is 17.2. The molecule has 0 aromatic heterocycles. The number of carbonyl (C=O) groups excluding carboxylic acids is 1. The molecule has 0 aliphatic heterocycles.